The summed E-state index contributed by atoms with van der Waals surface area (Å²) in [5, 5.41) is 0. The molecule has 0 spiro atoms. The van der Waals surface area contributed by atoms with Gasteiger partial charge in [-0.3, -0.25) is 18.8 Å². The minimum absolute atomic E-state index is 0. The molecule has 0 nitrogen and oxygen atoms in total. The average molecular weight is 88.0 g/mol. The SMILES string of the molecule is F.F.F.F.[H-].[Li+]. The van der Waals surface area contributed by atoms with Crippen LogP contribution in [0.5, 0.6) is 0 Å². The van der Waals surface area contributed by atoms with Crippen molar-refractivity contribution in [2.24, 2.45) is 0 Å². The topological polar surface area (TPSA) is 0 Å². The molecule has 0 bridgehead atoms. The minimum atomic E-state index is 0. The molecule has 0 aliphatic rings. The smallest absolute Gasteiger partial charge is 1.00 e. The standard InChI is InChI=1S/4FH.Li.H/h4*1H;;/q;;;;+1;-1. The van der Waals surface area contributed by atoms with E-state index in [1.807, 2.05) is 0 Å². The van der Waals surface area contributed by atoms with Crippen LogP contribution in [-0.2, 0) is 0 Å². The van der Waals surface area contributed by atoms with Gasteiger partial charge in [-0.05, 0) is 0 Å². The molecule has 0 heterocycles. The van der Waals surface area contributed by atoms with Crippen molar-refractivity contribution < 1.29 is 39.1 Å². The molecule has 0 aromatic heterocycles. The van der Waals surface area contributed by atoms with Crippen molar-refractivity contribution in [1.29, 1.82) is 0 Å². The number of hydrogen-bond acceptors (Lipinski definition) is 0. The fourth-order valence-corrected chi connectivity index (χ4v) is 0. The summed E-state index contributed by atoms with van der Waals surface area (Å²) in [6.07, 6.45) is 0. The average Bonchev–Trinajstić information content (AvgIpc) is 0. The van der Waals surface area contributed by atoms with E-state index in [9.17, 15) is 0 Å². The second-order valence-electron chi connectivity index (χ2n) is 0. The first-order chi connectivity index (χ1) is 0. The molecular formula is H5F4Li. The molecule has 0 saturated carbocycles. The molecule has 5 heavy (non-hydrogen) atoms. The third-order valence-electron chi connectivity index (χ3n) is 0. The predicted octanol–water partition coefficient (Wildman–Crippen LogP) is -2.27. The summed E-state index contributed by atoms with van der Waals surface area (Å²) in [7, 11) is 0. The van der Waals surface area contributed by atoms with Crippen LogP contribution in [0, 0.1) is 0 Å². The first-order valence-corrected chi connectivity index (χ1v) is 0. The number of hydrogen-bond donors (Lipinski definition) is 0. The molecule has 0 aliphatic heterocycles. The van der Waals surface area contributed by atoms with E-state index < -0.39 is 0 Å². The fraction of sp³-hybridized carbons (Fsp3) is 0. The zero-order valence-electron chi connectivity index (χ0n) is 3.63. The molecule has 0 aromatic rings. The normalized spacial score (nSPS) is 0. The Hall–Kier alpha value is 0.317. The van der Waals surface area contributed by atoms with Crippen molar-refractivity contribution in [3.05, 3.63) is 0 Å². The monoisotopic (exact) mass is 88.0 g/mol. The summed E-state index contributed by atoms with van der Waals surface area (Å²) in [5.41, 5.74) is 0. The van der Waals surface area contributed by atoms with Crippen molar-refractivity contribution in [2.75, 3.05) is 0 Å². The molecule has 0 amide bonds. The molecule has 0 rings (SSSR count). The van der Waals surface area contributed by atoms with Gasteiger partial charge in [0.1, 0.15) is 0 Å². The Morgan fingerprint density at radius 1 is 0.600 bits per heavy atom. The molecule has 0 radical (unpaired) electrons. The van der Waals surface area contributed by atoms with E-state index in [1.165, 1.54) is 0 Å². The van der Waals surface area contributed by atoms with E-state index in [0.29, 0.717) is 0 Å². The van der Waals surface area contributed by atoms with Gasteiger partial charge in [0, 0.05) is 0 Å². The van der Waals surface area contributed by atoms with Crippen LogP contribution in [0.4, 0.5) is 18.8 Å². The first-order valence-electron chi connectivity index (χ1n) is 0. The first kappa shape index (κ1) is 984. The maximum absolute atomic E-state index is 0. The maximum Gasteiger partial charge on any atom is 1.00 e. The zero-order valence-corrected chi connectivity index (χ0v) is 2.63. The predicted molar refractivity (Wildman–Crippen MR) is 11.1 cm³/mol. The van der Waals surface area contributed by atoms with Gasteiger partial charge < -0.3 is 1.43 Å². The summed E-state index contributed by atoms with van der Waals surface area (Å²) in [5.74, 6) is 0. The second kappa shape index (κ2) is 472. The Labute approximate surface area is 40.1 Å². The van der Waals surface area contributed by atoms with Crippen LogP contribution in [0.25, 0.3) is 0 Å². The van der Waals surface area contributed by atoms with E-state index in [-0.39, 0.29) is 39.1 Å². The molecule has 0 aromatic carbocycles. The van der Waals surface area contributed by atoms with Gasteiger partial charge in [-0.2, -0.15) is 0 Å². The molecule has 34 valence electrons. The number of halogens is 4. The summed E-state index contributed by atoms with van der Waals surface area (Å²) in [6.45, 7) is 0. The Morgan fingerprint density at radius 3 is 0.600 bits per heavy atom. The molecule has 0 fully saturated rings. The van der Waals surface area contributed by atoms with E-state index in [0.717, 1.165) is 0 Å². The van der Waals surface area contributed by atoms with E-state index in [4.69, 9.17) is 0 Å². The summed E-state index contributed by atoms with van der Waals surface area (Å²) >= 11 is 0. The second-order valence-corrected chi connectivity index (χ2v) is 0. The van der Waals surface area contributed by atoms with Gasteiger partial charge in [0.25, 0.3) is 0 Å². The van der Waals surface area contributed by atoms with Crippen molar-refractivity contribution in [2.45, 2.75) is 0 Å². The summed E-state index contributed by atoms with van der Waals surface area (Å²) in [4.78, 5) is 0. The Kier molecular flexibility index (Phi) is 92800. The van der Waals surface area contributed by atoms with Crippen molar-refractivity contribution in [1.82, 2.24) is 0 Å². The van der Waals surface area contributed by atoms with Gasteiger partial charge in [0.05, 0.1) is 0 Å². The summed E-state index contributed by atoms with van der Waals surface area (Å²) in [6, 6.07) is 0. The number of rotatable bonds is 0. The van der Waals surface area contributed by atoms with Crippen molar-refractivity contribution in [3.63, 3.8) is 0 Å². The van der Waals surface area contributed by atoms with Crippen molar-refractivity contribution in [3.8, 4) is 0 Å². The van der Waals surface area contributed by atoms with Crippen LogP contribution in [0.2, 0.25) is 0 Å². The van der Waals surface area contributed by atoms with Gasteiger partial charge in [-0.1, -0.05) is 0 Å². The van der Waals surface area contributed by atoms with Crippen LogP contribution >= 0.6 is 0 Å². The molecule has 0 unspecified atom stereocenters. The Balaban J connectivity index is 0. The third-order valence-corrected chi connectivity index (χ3v) is 0. The van der Waals surface area contributed by atoms with E-state index in [1.54, 1.807) is 0 Å². The van der Waals surface area contributed by atoms with Crippen LogP contribution in [-0.4, -0.2) is 0 Å². The van der Waals surface area contributed by atoms with Gasteiger partial charge in [-0.15, -0.1) is 0 Å². The van der Waals surface area contributed by atoms with E-state index >= 15 is 0 Å². The maximum atomic E-state index is 0. The zero-order chi connectivity index (χ0) is 0. The van der Waals surface area contributed by atoms with Gasteiger partial charge in [-0.25, -0.2) is 0 Å². The van der Waals surface area contributed by atoms with Crippen LogP contribution in [0.3, 0.4) is 0 Å². The molecule has 5 heteroatoms. The Morgan fingerprint density at radius 2 is 0.600 bits per heavy atom. The molecule has 0 saturated heterocycles. The third kappa shape index (κ3) is 230. The van der Waals surface area contributed by atoms with E-state index in [2.05, 4.69) is 0 Å². The van der Waals surface area contributed by atoms with Crippen molar-refractivity contribution >= 4 is 0 Å². The Bertz CT molecular complexity index is 7.51. The van der Waals surface area contributed by atoms with Crippen LogP contribution in [0.15, 0.2) is 0 Å². The molecular weight excluding hydrogens is 82.9 g/mol. The fourth-order valence-electron chi connectivity index (χ4n) is 0. The minimum Gasteiger partial charge on any atom is -1.00 e. The molecule has 0 atom stereocenters. The molecule has 0 aliphatic carbocycles. The van der Waals surface area contributed by atoms with Crippen LogP contribution in [0.1, 0.15) is 1.43 Å². The largest absolute Gasteiger partial charge is 1.00 e. The quantitative estimate of drug-likeness (QED) is 0.231. The van der Waals surface area contributed by atoms with Gasteiger partial charge in [0.2, 0.25) is 0 Å². The van der Waals surface area contributed by atoms with Gasteiger partial charge in [0.15, 0.2) is 0 Å². The molecule has 0 N–H and O–H groups in total. The van der Waals surface area contributed by atoms with Gasteiger partial charge >= 0.3 is 18.9 Å². The summed E-state index contributed by atoms with van der Waals surface area (Å²) < 4.78 is 0. The van der Waals surface area contributed by atoms with Crippen LogP contribution < -0.4 is 18.9 Å².